The summed E-state index contributed by atoms with van der Waals surface area (Å²) in [5.41, 5.74) is 3.55. The standard InChI is InChI=1S/C18H16ClN3OS/c1-12-11-24-18(21-12)22-17(23)14-7-5-13(6-8-14)10-20-16-4-2-3-15(19)9-16/h2-9,11,20H,10H2,1H3,(H,21,22,23). The molecule has 0 aliphatic rings. The van der Waals surface area contributed by atoms with Gasteiger partial charge in [0.05, 0.1) is 5.69 Å². The number of aryl methyl sites for hydroxylation is 1. The zero-order valence-corrected chi connectivity index (χ0v) is 14.6. The number of hydrogen-bond acceptors (Lipinski definition) is 4. The molecular weight excluding hydrogens is 342 g/mol. The van der Waals surface area contributed by atoms with Crippen LogP contribution in [-0.2, 0) is 6.54 Å². The van der Waals surface area contributed by atoms with Gasteiger partial charge in [-0.15, -0.1) is 11.3 Å². The minimum Gasteiger partial charge on any atom is -0.381 e. The Labute approximate surface area is 149 Å². The van der Waals surface area contributed by atoms with E-state index < -0.39 is 0 Å². The van der Waals surface area contributed by atoms with E-state index >= 15 is 0 Å². The van der Waals surface area contributed by atoms with Crippen LogP contribution in [0, 0.1) is 6.92 Å². The Hall–Kier alpha value is -2.37. The van der Waals surface area contributed by atoms with E-state index in [1.807, 2.05) is 60.8 Å². The fraction of sp³-hybridized carbons (Fsp3) is 0.111. The normalized spacial score (nSPS) is 10.4. The van der Waals surface area contributed by atoms with Crippen LogP contribution in [0.5, 0.6) is 0 Å². The number of rotatable bonds is 5. The van der Waals surface area contributed by atoms with Crippen LogP contribution in [0.3, 0.4) is 0 Å². The molecule has 0 aliphatic heterocycles. The van der Waals surface area contributed by atoms with Crippen molar-refractivity contribution in [1.82, 2.24) is 4.98 Å². The molecule has 2 N–H and O–H groups in total. The Kier molecular flexibility index (Phi) is 5.13. The van der Waals surface area contributed by atoms with Crippen LogP contribution in [-0.4, -0.2) is 10.9 Å². The smallest absolute Gasteiger partial charge is 0.257 e. The van der Waals surface area contributed by atoms with Crippen LogP contribution >= 0.6 is 22.9 Å². The third kappa shape index (κ3) is 4.34. The molecule has 1 aromatic heterocycles. The summed E-state index contributed by atoms with van der Waals surface area (Å²) in [5.74, 6) is -0.154. The molecule has 0 atom stereocenters. The van der Waals surface area contributed by atoms with Crippen LogP contribution < -0.4 is 10.6 Å². The van der Waals surface area contributed by atoms with Gasteiger partial charge in [0.1, 0.15) is 0 Å². The van der Waals surface area contributed by atoms with E-state index in [0.717, 1.165) is 16.9 Å². The molecule has 3 rings (SSSR count). The fourth-order valence-corrected chi connectivity index (χ4v) is 3.03. The number of anilines is 2. The lowest BCUT2D eigenvalue weighted by atomic mass is 10.1. The third-order valence-electron chi connectivity index (χ3n) is 3.38. The summed E-state index contributed by atoms with van der Waals surface area (Å²) in [7, 11) is 0. The maximum absolute atomic E-state index is 12.2. The first-order chi connectivity index (χ1) is 11.6. The molecule has 0 unspecified atom stereocenters. The van der Waals surface area contributed by atoms with E-state index in [4.69, 9.17) is 11.6 Å². The number of hydrogen-bond donors (Lipinski definition) is 2. The molecule has 122 valence electrons. The number of amides is 1. The first-order valence-corrected chi connectivity index (χ1v) is 8.68. The monoisotopic (exact) mass is 357 g/mol. The molecule has 0 fully saturated rings. The summed E-state index contributed by atoms with van der Waals surface area (Å²) >= 11 is 7.38. The van der Waals surface area contributed by atoms with Crippen molar-refractivity contribution < 1.29 is 4.79 Å². The van der Waals surface area contributed by atoms with Crippen molar-refractivity contribution in [2.24, 2.45) is 0 Å². The number of halogens is 1. The average Bonchev–Trinajstić information content (AvgIpc) is 2.98. The van der Waals surface area contributed by atoms with Gasteiger partial charge in [0.15, 0.2) is 5.13 Å². The number of aromatic nitrogens is 1. The summed E-state index contributed by atoms with van der Waals surface area (Å²) in [6.45, 7) is 2.56. The van der Waals surface area contributed by atoms with Gasteiger partial charge in [-0.1, -0.05) is 29.8 Å². The molecule has 1 amide bonds. The molecule has 0 radical (unpaired) electrons. The van der Waals surface area contributed by atoms with Crippen molar-refractivity contribution in [1.29, 1.82) is 0 Å². The lowest BCUT2D eigenvalue weighted by Gasteiger charge is -2.08. The number of thiazole rings is 1. The summed E-state index contributed by atoms with van der Waals surface area (Å²) in [5, 5.41) is 9.32. The van der Waals surface area contributed by atoms with Crippen LogP contribution in [0.4, 0.5) is 10.8 Å². The Morgan fingerprint density at radius 3 is 2.67 bits per heavy atom. The van der Waals surface area contributed by atoms with Crippen LogP contribution in [0.2, 0.25) is 5.02 Å². The zero-order chi connectivity index (χ0) is 16.9. The minimum absolute atomic E-state index is 0.154. The minimum atomic E-state index is -0.154. The van der Waals surface area contributed by atoms with Crippen LogP contribution in [0.25, 0.3) is 0 Å². The van der Waals surface area contributed by atoms with Gasteiger partial charge in [0, 0.05) is 28.2 Å². The zero-order valence-electron chi connectivity index (χ0n) is 13.0. The van der Waals surface area contributed by atoms with Gasteiger partial charge in [-0.2, -0.15) is 0 Å². The number of carbonyl (C=O) groups is 1. The highest BCUT2D eigenvalue weighted by Gasteiger charge is 2.08. The number of nitrogens with one attached hydrogen (secondary N) is 2. The Morgan fingerprint density at radius 1 is 1.21 bits per heavy atom. The molecule has 0 saturated carbocycles. The molecule has 4 nitrogen and oxygen atoms in total. The Bertz CT molecular complexity index is 845. The molecule has 1 heterocycles. The average molecular weight is 358 g/mol. The molecule has 24 heavy (non-hydrogen) atoms. The molecule has 0 aliphatic carbocycles. The van der Waals surface area contributed by atoms with Gasteiger partial charge in [0.25, 0.3) is 5.91 Å². The topological polar surface area (TPSA) is 54.0 Å². The third-order valence-corrected chi connectivity index (χ3v) is 4.49. The van der Waals surface area contributed by atoms with E-state index in [2.05, 4.69) is 15.6 Å². The Balaban J connectivity index is 1.59. The number of carbonyl (C=O) groups excluding carboxylic acids is 1. The van der Waals surface area contributed by atoms with E-state index in [0.29, 0.717) is 22.3 Å². The summed E-state index contributed by atoms with van der Waals surface area (Å²) < 4.78 is 0. The highest BCUT2D eigenvalue weighted by atomic mass is 35.5. The summed E-state index contributed by atoms with van der Waals surface area (Å²) in [6, 6.07) is 15.1. The molecule has 2 aromatic carbocycles. The van der Waals surface area contributed by atoms with Gasteiger partial charge in [-0.05, 0) is 42.8 Å². The number of benzene rings is 2. The Morgan fingerprint density at radius 2 is 2.00 bits per heavy atom. The largest absolute Gasteiger partial charge is 0.381 e. The van der Waals surface area contributed by atoms with Crippen molar-refractivity contribution >= 4 is 39.7 Å². The molecular formula is C18H16ClN3OS. The maximum Gasteiger partial charge on any atom is 0.257 e. The molecule has 3 aromatic rings. The van der Waals surface area contributed by atoms with Crippen molar-refractivity contribution in [3.05, 3.63) is 75.8 Å². The molecule has 0 spiro atoms. The van der Waals surface area contributed by atoms with Crippen molar-refractivity contribution in [2.75, 3.05) is 10.6 Å². The second kappa shape index (κ2) is 7.47. The van der Waals surface area contributed by atoms with Crippen molar-refractivity contribution in [2.45, 2.75) is 13.5 Å². The first kappa shape index (κ1) is 16.5. The molecule has 0 saturated heterocycles. The predicted molar refractivity (Wildman–Crippen MR) is 100 cm³/mol. The SMILES string of the molecule is Cc1csc(NC(=O)c2ccc(CNc3cccc(Cl)c3)cc2)n1. The first-order valence-electron chi connectivity index (χ1n) is 7.42. The second-order valence-electron chi connectivity index (χ2n) is 5.31. The van der Waals surface area contributed by atoms with Gasteiger partial charge in [0.2, 0.25) is 0 Å². The van der Waals surface area contributed by atoms with E-state index in [1.165, 1.54) is 11.3 Å². The van der Waals surface area contributed by atoms with Gasteiger partial charge in [-0.3, -0.25) is 10.1 Å². The maximum atomic E-state index is 12.2. The predicted octanol–water partition coefficient (Wildman–Crippen LogP) is 4.97. The van der Waals surface area contributed by atoms with E-state index in [1.54, 1.807) is 0 Å². The quantitative estimate of drug-likeness (QED) is 0.677. The van der Waals surface area contributed by atoms with Crippen LogP contribution in [0.15, 0.2) is 53.9 Å². The van der Waals surface area contributed by atoms with Gasteiger partial charge < -0.3 is 5.32 Å². The molecule has 6 heteroatoms. The lowest BCUT2D eigenvalue weighted by molar-refractivity contribution is 0.102. The van der Waals surface area contributed by atoms with E-state index in [9.17, 15) is 4.79 Å². The van der Waals surface area contributed by atoms with Gasteiger partial charge >= 0.3 is 0 Å². The fourth-order valence-electron chi connectivity index (χ4n) is 2.16. The van der Waals surface area contributed by atoms with Gasteiger partial charge in [-0.25, -0.2) is 4.98 Å². The summed E-state index contributed by atoms with van der Waals surface area (Å²) in [4.78, 5) is 16.4. The van der Waals surface area contributed by atoms with Crippen molar-refractivity contribution in [3.8, 4) is 0 Å². The second-order valence-corrected chi connectivity index (χ2v) is 6.60. The van der Waals surface area contributed by atoms with Crippen molar-refractivity contribution in [3.63, 3.8) is 0 Å². The molecule has 0 bridgehead atoms. The highest BCUT2D eigenvalue weighted by molar-refractivity contribution is 7.13. The number of nitrogens with zero attached hydrogens (tertiary/aromatic N) is 1. The lowest BCUT2D eigenvalue weighted by Crippen LogP contribution is -2.11. The summed E-state index contributed by atoms with van der Waals surface area (Å²) in [6.07, 6.45) is 0. The van der Waals surface area contributed by atoms with Crippen LogP contribution in [0.1, 0.15) is 21.6 Å². The van der Waals surface area contributed by atoms with E-state index in [-0.39, 0.29) is 5.91 Å². The highest BCUT2D eigenvalue weighted by Crippen LogP contribution is 2.17.